The fourth-order valence-corrected chi connectivity index (χ4v) is 2.25. The Kier molecular flexibility index (Phi) is 3.81. The predicted molar refractivity (Wildman–Crippen MR) is 67.2 cm³/mol. The van der Waals surface area contributed by atoms with E-state index in [1.54, 1.807) is 12.1 Å². The molecule has 0 saturated heterocycles. The Morgan fingerprint density at radius 2 is 1.88 bits per heavy atom. The van der Waals surface area contributed by atoms with Crippen molar-refractivity contribution in [3.8, 4) is 0 Å². The van der Waals surface area contributed by atoms with E-state index < -0.39 is 10.0 Å². The van der Waals surface area contributed by atoms with Crippen LogP contribution in [0.1, 0.15) is 24.8 Å². The second kappa shape index (κ2) is 5.16. The van der Waals surface area contributed by atoms with E-state index in [9.17, 15) is 8.42 Å². The van der Waals surface area contributed by atoms with Crippen molar-refractivity contribution in [3.63, 3.8) is 0 Å². The van der Waals surface area contributed by atoms with Gasteiger partial charge in [0.15, 0.2) is 0 Å². The molecule has 1 saturated carbocycles. The Labute approximate surface area is 102 Å². The lowest BCUT2D eigenvalue weighted by molar-refractivity contribution is 0.597. The zero-order valence-corrected chi connectivity index (χ0v) is 10.5. The van der Waals surface area contributed by atoms with Crippen LogP contribution in [-0.2, 0) is 16.4 Å². The third-order valence-electron chi connectivity index (χ3n) is 2.90. The summed E-state index contributed by atoms with van der Waals surface area (Å²) in [6.45, 7) is 1.03. The molecule has 0 aromatic heterocycles. The van der Waals surface area contributed by atoms with Gasteiger partial charge < -0.3 is 5.32 Å². The number of hydrogen-bond donors (Lipinski definition) is 2. The van der Waals surface area contributed by atoms with Gasteiger partial charge in [0.05, 0.1) is 4.90 Å². The van der Waals surface area contributed by atoms with Crippen molar-refractivity contribution in [2.75, 3.05) is 6.54 Å². The van der Waals surface area contributed by atoms with E-state index in [1.807, 2.05) is 12.1 Å². The molecule has 5 heteroatoms. The van der Waals surface area contributed by atoms with Crippen LogP contribution < -0.4 is 10.5 Å². The van der Waals surface area contributed by atoms with Gasteiger partial charge in [0.2, 0.25) is 10.0 Å². The van der Waals surface area contributed by atoms with Crippen molar-refractivity contribution in [2.24, 2.45) is 5.14 Å². The summed E-state index contributed by atoms with van der Waals surface area (Å²) in [5.74, 6) is 0. The van der Waals surface area contributed by atoms with Crippen LogP contribution in [0.4, 0.5) is 0 Å². The first-order valence-corrected chi connectivity index (χ1v) is 7.45. The maximum absolute atomic E-state index is 11.1. The van der Waals surface area contributed by atoms with E-state index in [-0.39, 0.29) is 4.90 Å². The summed E-state index contributed by atoms with van der Waals surface area (Å²) < 4.78 is 22.1. The molecule has 4 nitrogen and oxygen atoms in total. The van der Waals surface area contributed by atoms with Crippen LogP contribution in [0.25, 0.3) is 0 Å². The standard InChI is InChI=1S/C12H18N2O2S/c13-17(15,16)12-7-3-10(4-8-12)2-1-9-14-11-5-6-11/h3-4,7-8,11,14H,1-2,5-6,9H2,(H2,13,15,16). The van der Waals surface area contributed by atoms with Crippen molar-refractivity contribution in [3.05, 3.63) is 29.8 Å². The van der Waals surface area contributed by atoms with E-state index in [1.165, 1.54) is 12.8 Å². The highest BCUT2D eigenvalue weighted by Gasteiger charge is 2.19. The zero-order valence-electron chi connectivity index (χ0n) is 9.72. The molecule has 0 unspecified atom stereocenters. The molecule has 1 aromatic carbocycles. The first-order chi connectivity index (χ1) is 8.05. The number of nitrogens with two attached hydrogens (primary N) is 1. The van der Waals surface area contributed by atoms with Crippen LogP contribution in [0.2, 0.25) is 0 Å². The van der Waals surface area contributed by atoms with E-state index in [2.05, 4.69) is 5.32 Å². The second-order valence-electron chi connectivity index (χ2n) is 4.52. The molecule has 94 valence electrons. The number of nitrogens with one attached hydrogen (secondary N) is 1. The molecule has 3 N–H and O–H groups in total. The molecular weight excluding hydrogens is 236 g/mol. The van der Waals surface area contributed by atoms with Gasteiger partial charge in [-0.05, 0) is 49.9 Å². The molecule has 1 aromatic rings. The molecular formula is C12H18N2O2S. The Hall–Kier alpha value is -0.910. The molecule has 1 fully saturated rings. The summed E-state index contributed by atoms with van der Waals surface area (Å²) in [5, 5.41) is 8.48. The smallest absolute Gasteiger partial charge is 0.238 e. The number of benzene rings is 1. The van der Waals surface area contributed by atoms with Gasteiger partial charge in [0.1, 0.15) is 0 Å². The summed E-state index contributed by atoms with van der Waals surface area (Å²) in [4.78, 5) is 0.178. The van der Waals surface area contributed by atoms with Crippen LogP contribution in [0.15, 0.2) is 29.2 Å². The average Bonchev–Trinajstić information content (AvgIpc) is 3.08. The summed E-state index contributed by atoms with van der Waals surface area (Å²) in [6.07, 6.45) is 4.65. The largest absolute Gasteiger partial charge is 0.314 e. The SMILES string of the molecule is NS(=O)(=O)c1ccc(CCCNC2CC2)cc1. The van der Waals surface area contributed by atoms with E-state index in [4.69, 9.17) is 5.14 Å². The zero-order chi connectivity index (χ0) is 12.3. The maximum atomic E-state index is 11.1. The Morgan fingerprint density at radius 1 is 1.24 bits per heavy atom. The number of primary sulfonamides is 1. The van der Waals surface area contributed by atoms with Crippen molar-refractivity contribution in [2.45, 2.75) is 36.6 Å². The van der Waals surface area contributed by atoms with Crippen LogP contribution in [0, 0.1) is 0 Å². The summed E-state index contributed by atoms with van der Waals surface area (Å²) >= 11 is 0. The van der Waals surface area contributed by atoms with Gasteiger partial charge in [-0.1, -0.05) is 12.1 Å². The third kappa shape index (κ3) is 4.11. The minimum absolute atomic E-state index is 0.178. The monoisotopic (exact) mass is 254 g/mol. The lowest BCUT2D eigenvalue weighted by atomic mass is 10.1. The minimum Gasteiger partial charge on any atom is -0.314 e. The van der Waals surface area contributed by atoms with E-state index >= 15 is 0 Å². The lowest BCUT2D eigenvalue weighted by Crippen LogP contribution is -2.17. The van der Waals surface area contributed by atoms with Crippen LogP contribution in [-0.4, -0.2) is 21.0 Å². The van der Waals surface area contributed by atoms with Gasteiger partial charge in [-0.15, -0.1) is 0 Å². The molecule has 0 atom stereocenters. The summed E-state index contributed by atoms with van der Waals surface area (Å²) in [5.41, 5.74) is 1.15. The normalized spacial score (nSPS) is 16.1. The molecule has 0 spiro atoms. The molecule has 1 aliphatic carbocycles. The van der Waals surface area contributed by atoms with Gasteiger partial charge in [0.25, 0.3) is 0 Å². The van der Waals surface area contributed by atoms with Crippen LogP contribution in [0.5, 0.6) is 0 Å². The first kappa shape index (κ1) is 12.5. The van der Waals surface area contributed by atoms with Crippen molar-refractivity contribution in [1.29, 1.82) is 0 Å². The fourth-order valence-electron chi connectivity index (χ4n) is 1.73. The number of hydrogen-bond acceptors (Lipinski definition) is 3. The average molecular weight is 254 g/mol. The summed E-state index contributed by atoms with van der Waals surface area (Å²) in [7, 11) is -3.56. The lowest BCUT2D eigenvalue weighted by Gasteiger charge is -2.04. The number of sulfonamides is 1. The molecule has 0 bridgehead atoms. The van der Waals surface area contributed by atoms with Crippen LogP contribution >= 0.6 is 0 Å². The molecule has 0 aliphatic heterocycles. The van der Waals surface area contributed by atoms with Crippen molar-refractivity contribution < 1.29 is 8.42 Å². The van der Waals surface area contributed by atoms with Crippen molar-refractivity contribution in [1.82, 2.24) is 5.32 Å². The first-order valence-electron chi connectivity index (χ1n) is 5.91. The van der Waals surface area contributed by atoms with Gasteiger partial charge in [0, 0.05) is 6.04 Å². The highest BCUT2D eigenvalue weighted by atomic mass is 32.2. The molecule has 1 aliphatic rings. The van der Waals surface area contributed by atoms with E-state index in [0.717, 1.165) is 31.0 Å². The molecule has 0 amide bonds. The number of aryl methyl sites for hydroxylation is 1. The maximum Gasteiger partial charge on any atom is 0.238 e. The minimum atomic E-state index is -3.56. The Morgan fingerprint density at radius 3 is 2.41 bits per heavy atom. The highest BCUT2D eigenvalue weighted by Crippen LogP contribution is 2.18. The van der Waals surface area contributed by atoms with Crippen molar-refractivity contribution >= 4 is 10.0 Å². The molecule has 0 radical (unpaired) electrons. The predicted octanol–water partition coefficient (Wildman–Crippen LogP) is 1.02. The Balaban J connectivity index is 1.80. The molecule has 17 heavy (non-hydrogen) atoms. The van der Waals surface area contributed by atoms with Gasteiger partial charge >= 0.3 is 0 Å². The van der Waals surface area contributed by atoms with E-state index in [0.29, 0.717) is 0 Å². The summed E-state index contributed by atoms with van der Waals surface area (Å²) in [6, 6.07) is 7.55. The topological polar surface area (TPSA) is 72.2 Å². The van der Waals surface area contributed by atoms with Crippen LogP contribution in [0.3, 0.4) is 0 Å². The quantitative estimate of drug-likeness (QED) is 0.744. The highest BCUT2D eigenvalue weighted by molar-refractivity contribution is 7.89. The Bertz CT molecular complexity index is 464. The van der Waals surface area contributed by atoms with Gasteiger partial charge in [-0.3, -0.25) is 0 Å². The second-order valence-corrected chi connectivity index (χ2v) is 6.08. The molecule has 2 rings (SSSR count). The fraction of sp³-hybridized carbons (Fsp3) is 0.500. The van der Waals surface area contributed by atoms with Gasteiger partial charge in [-0.2, -0.15) is 0 Å². The number of rotatable bonds is 6. The third-order valence-corrected chi connectivity index (χ3v) is 3.83. The van der Waals surface area contributed by atoms with Gasteiger partial charge in [-0.25, -0.2) is 13.6 Å². The molecule has 0 heterocycles.